The molecule has 0 saturated heterocycles. The molecule has 0 saturated carbocycles. The van der Waals surface area contributed by atoms with Crippen LogP contribution in [-0.2, 0) is 10.0 Å². The van der Waals surface area contributed by atoms with Gasteiger partial charge < -0.3 is 10.2 Å². The number of rotatable bonds is 8. The largest absolute Gasteiger partial charge is 0.372 e. The fourth-order valence-electron chi connectivity index (χ4n) is 1.95. The molecular weight excluding hydrogens is 288 g/mol. The van der Waals surface area contributed by atoms with Crippen LogP contribution in [0.2, 0.25) is 0 Å². The van der Waals surface area contributed by atoms with Gasteiger partial charge in [-0.3, -0.25) is 0 Å². The molecule has 1 heterocycles. The molecule has 21 heavy (non-hydrogen) atoms. The highest BCUT2D eigenvalue weighted by Gasteiger charge is 2.27. The minimum Gasteiger partial charge on any atom is -0.372 e. The van der Waals surface area contributed by atoms with E-state index >= 15 is 0 Å². The second-order valence-electron chi connectivity index (χ2n) is 5.66. The van der Waals surface area contributed by atoms with E-state index in [1.165, 1.54) is 4.31 Å². The van der Waals surface area contributed by atoms with E-state index < -0.39 is 10.0 Å². The van der Waals surface area contributed by atoms with E-state index in [-0.39, 0.29) is 10.8 Å². The first-order chi connectivity index (χ1) is 9.78. The van der Waals surface area contributed by atoms with Crippen LogP contribution >= 0.6 is 0 Å². The van der Waals surface area contributed by atoms with E-state index in [2.05, 4.69) is 10.3 Å². The van der Waals surface area contributed by atoms with Gasteiger partial charge in [0.1, 0.15) is 10.7 Å². The molecule has 1 N–H and O–H groups in total. The molecule has 120 valence electrons. The molecule has 0 amide bonds. The summed E-state index contributed by atoms with van der Waals surface area (Å²) in [5, 5.41) is 2.85. The molecule has 7 heteroatoms. The fraction of sp³-hybridized carbons (Fsp3) is 0.643. The first kappa shape index (κ1) is 17.9. The van der Waals surface area contributed by atoms with Crippen LogP contribution in [0, 0.1) is 5.92 Å². The van der Waals surface area contributed by atoms with Crippen LogP contribution in [0.3, 0.4) is 0 Å². The van der Waals surface area contributed by atoms with Crippen molar-refractivity contribution in [1.82, 2.24) is 14.2 Å². The maximum Gasteiger partial charge on any atom is 0.246 e. The van der Waals surface area contributed by atoms with Crippen molar-refractivity contribution in [3.63, 3.8) is 0 Å². The molecule has 0 aliphatic carbocycles. The summed E-state index contributed by atoms with van der Waals surface area (Å²) in [5.41, 5.74) is 0. The van der Waals surface area contributed by atoms with Gasteiger partial charge in [0.2, 0.25) is 10.0 Å². The van der Waals surface area contributed by atoms with Crippen molar-refractivity contribution in [3.05, 3.63) is 18.3 Å². The molecule has 1 aromatic rings. The van der Waals surface area contributed by atoms with Crippen LogP contribution in [0.15, 0.2) is 23.2 Å². The molecular formula is C14H26N4O2S. The Balaban J connectivity index is 3.13. The Hall–Kier alpha value is -1.18. The van der Waals surface area contributed by atoms with E-state index in [1.54, 1.807) is 25.4 Å². The van der Waals surface area contributed by atoms with Crippen molar-refractivity contribution in [1.29, 1.82) is 0 Å². The lowest BCUT2D eigenvalue weighted by Crippen LogP contribution is -2.39. The van der Waals surface area contributed by atoms with Crippen molar-refractivity contribution in [2.75, 3.05) is 46.1 Å². The highest BCUT2D eigenvalue weighted by Crippen LogP contribution is 2.22. The number of sulfonamides is 1. The molecule has 6 nitrogen and oxygen atoms in total. The Morgan fingerprint density at radius 2 is 1.95 bits per heavy atom. The van der Waals surface area contributed by atoms with Gasteiger partial charge in [0.25, 0.3) is 0 Å². The van der Waals surface area contributed by atoms with Crippen LogP contribution in [0.4, 0.5) is 5.82 Å². The van der Waals surface area contributed by atoms with E-state index in [9.17, 15) is 8.42 Å². The second kappa shape index (κ2) is 7.72. The Morgan fingerprint density at radius 1 is 1.29 bits per heavy atom. The van der Waals surface area contributed by atoms with E-state index in [0.717, 1.165) is 0 Å². The van der Waals surface area contributed by atoms with Gasteiger partial charge in [-0.25, -0.2) is 13.4 Å². The highest BCUT2D eigenvalue weighted by atomic mass is 32.2. The number of likely N-dealkylation sites (N-methyl/N-ethyl adjacent to an activating group) is 1. The van der Waals surface area contributed by atoms with Crippen LogP contribution < -0.4 is 5.32 Å². The number of nitrogens with one attached hydrogen (secondary N) is 1. The Bertz CT molecular complexity index is 544. The summed E-state index contributed by atoms with van der Waals surface area (Å²) in [7, 11) is 1.99. The van der Waals surface area contributed by atoms with Crippen LogP contribution in [0.1, 0.15) is 13.8 Å². The Morgan fingerprint density at radius 3 is 2.48 bits per heavy atom. The summed E-state index contributed by atoms with van der Waals surface area (Å²) < 4.78 is 27.3. The van der Waals surface area contributed by atoms with Crippen LogP contribution in [0.25, 0.3) is 0 Å². The molecule has 0 radical (unpaired) electrons. The predicted molar refractivity (Wildman–Crippen MR) is 85.9 cm³/mol. The topological polar surface area (TPSA) is 65.5 Å². The average Bonchev–Trinajstić information content (AvgIpc) is 2.42. The summed E-state index contributed by atoms with van der Waals surface area (Å²) in [4.78, 5) is 6.30. The molecule has 1 rings (SSSR count). The Labute approximate surface area is 128 Å². The first-order valence-electron chi connectivity index (χ1n) is 7.06. The van der Waals surface area contributed by atoms with Crippen molar-refractivity contribution >= 4 is 15.8 Å². The van der Waals surface area contributed by atoms with Gasteiger partial charge in [0.15, 0.2) is 0 Å². The van der Waals surface area contributed by atoms with Crippen molar-refractivity contribution < 1.29 is 8.42 Å². The monoisotopic (exact) mass is 314 g/mol. The van der Waals surface area contributed by atoms with Gasteiger partial charge in [0, 0.05) is 32.9 Å². The normalized spacial score (nSPS) is 12.4. The third-order valence-corrected chi connectivity index (χ3v) is 4.89. The lowest BCUT2D eigenvalue weighted by atomic mass is 10.2. The van der Waals surface area contributed by atoms with Gasteiger partial charge >= 0.3 is 0 Å². The minimum absolute atomic E-state index is 0.229. The number of anilines is 1. The molecule has 0 unspecified atom stereocenters. The number of aromatic nitrogens is 1. The Kier molecular flexibility index (Phi) is 6.57. The lowest BCUT2D eigenvalue weighted by molar-refractivity contribution is 0.312. The van der Waals surface area contributed by atoms with Gasteiger partial charge in [0.05, 0.1) is 0 Å². The van der Waals surface area contributed by atoms with Crippen LogP contribution in [0.5, 0.6) is 0 Å². The average molecular weight is 314 g/mol. The summed E-state index contributed by atoms with van der Waals surface area (Å²) in [5.74, 6) is 0.646. The van der Waals surface area contributed by atoms with Crippen molar-refractivity contribution in [2.45, 2.75) is 18.7 Å². The quantitative estimate of drug-likeness (QED) is 0.784. The summed E-state index contributed by atoms with van der Waals surface area (Å²) in [6, 6.07) is 3.24. The maximum absolute atomic E-state index is 12.9. The van der Waals surface area contributed by atoms with Gasteiger partial charge in [-0.15, -0.1) is 0 Å². The highest BCUT2D eigenvalue weighted by molar-refractivity contribution is 7.89. The molecule has 0 aliphatic heterocycles. The number of hydrogen-bond donors (Lipinski definition) is 1. The van der Waals surface area contributed by atoms with E-state index in [0.29, 0.717) is 25.5 Å². The zero-order valence-electron chi connectivity index (χ0n) is 13.5. The predicted octanol–water partition coefficient (Wildman–Crippen LogP) is 1.33. The minimum atomic E-state index is -3.55. The molecule has 0 atom stereocenters. The molecule has 0 spiro atoms. The first-order valence-corrected chi connectivity index (χ1v) is 8.50. The summed E-state index contributed by atoms with van der Waals surface area (Å²) in [6.07, 6.45) is 1.58. The fourth-order valence-corrected chi connectivity index (χ4v) is 3.70. The molecule has 0 fully saturated rings. The smallest absolute Gasteiger partial charge is 0.246 e. The molecule has 0 aromatic carbocycles. The SMILES string of the molecule is CNc1ncccc1S(=O)(=O)N(CCN(C)C)CC(C)C. The zero-order valence-corrected chi connectivity index (χ0v) is 14.3. The number of hydrogen-bond acceptors (Lipinski definition) is 5. The molecule has 1 aromatic heterocycles. The number of nitrogens with zero attached hydrogens (tertiary/aromatic N) is 3. The van der Waals surface area contributed by atoms with Gasteiger partial charge in [-0.2, -0.15) is 4.31 Å². The molecule has 0 aliphatic rings. The maximum atomic E-state index is 12.9. The van der Waals surface area contributed by atoms with Crippen molar-refractivity contribution in [2.24, 2.45) is 5.92 Å². The third kappa shape index (κ3) is 4.94. The summed E-state index contributed by atoms with van der Waals surface area (Å²) in [6.45, 7) is 5.67. The van der Waals surface area contributed by atoms with Crippen LogP contribution in [-0.4, -0.2) is 63.4 Å². The lowest BCUT2D eigenvalue weighted by Gasteiger charge is -2.26. The van der Waals surface area contributed by atoms with E-state index in [4.69, 9.17) is 0 Å². The van der Waals surface area contributed by atoms with Gasteiger partial charge in [-0.05, 0) is 32.1 Å². The second-order valence-corrected chi connectivity index (χ2v) is 7.57. The zero-order chi connectivity index (χ0) is 16.0. The number of pyridine rings is 1. The summed E-state index contributed by atoms with van der Waals surface area (Å²) >= 11 is 0. The van der Waals surface area contributed by atoms with E-state index in [1.807, 2.05) is 32.8 Å². The van der Waals surface area contributed by atoms with Crippen molar-refractivity contribution in [3.8, 4) is 0 Å². The standard InChI is InChI=1S/C14H26N4O2S/c1-12(2)11-18(10-9-17(4)5)21(19,20)13-7-6-8-16-14(13)15-3/h6-8,12H,9-11H2,1-5H3,(H,15,16). The van der Waals surface area contributed by atoms with Gasteiger partial charge in [-0.1, -0.05) is 13.8 Å². The third-order valence-electron chi connectivity index (χ3n) is 2.99. The molecule has 0 bridgehead atoms.